The summed E-state index contributed by atoms with van der Waals surface area (Å²) < 4.78 is 0. The van der Waals surface area contributed by atoms with E-state index in [1.54, 1.807) is 0 Å². The number of nitrogens with one attached hydrogen (secondary N) is 1. The van der Waals surface area contributed by atoms with E-state index in [9.17, 15) is 5.11 Å². The van der Waals surface area contributed by atoms with Crippen LogP contribution in [0.25, 0.3) is 0 Å². The molecule has 88 valence electrons. The second-order valence-corrected chi connectivity index (χ2v) is 4.49. The molecule has 0 spiro atoms. The van der Waals surface area contributed by atoms with Gasteiger partial charge in [0.25, 0.3) is 0 Å². The standard InChI is InChI=1S/C11H23N3O/c1-2-7-13-10(12)14-8-11(9-15)5-3-4-6-11/h15H,2-9H2,1H3,(H3,12,13,14). The fraction of sp³-hybridized carbons (Fsp3) is 0.909. The molecule has 0 aromatic rings. The molecular formula is C11H23N3O. The van der Waals surface area contributed by atoms with Crippen molar-refractivity contribution in [2.75, 3.05) is 19.7 Å². The van der Waals surface area contributed by atoms with Crippen molar-refractivity contribution >= 4 is 5.96 Å². The van der Waals surface area contributed by atoms with E-state index in [0.717, 1.165) is 25.8 Å². The first-order valence-electron chi connectivity index (χ1n) is 5.87. The maximum absolute atomic E-state index is 9.38. The van der Waals surface area contributed by atoms with Gasteiger partial charge in [-0.15, -0.1) is 0 Å². The van der Waals surface area contributed by atoms with Crippen molar-refractivity contribution in [1.82, 2.24) is 5.32 Å². The smallest absolute Gasteiger partial charge is 0.188 e. The monoisotopic (exact) mass is 213 g/mol. The van der Waals surface area contributed by atoms with Gasteiger partial charge in [0.05, 0.1) is 13.2 Å². The fourth-order valence-corrected chi connectivity index (χ4v) is 2.05. The van der Waals surface area contributed by atoms with Crippen LogP contribution < -0.4 is 11.1 Å². The third-order valence-electron chi connectivity index (χ3n) is 3.14. The molecule has 0 radical (unpaired) electrons. The molecule has 0 atom stereocenters. The number of nitrogens with two attached hydrogens (primary N) is 1. The van der Waals surface area contributed by atoms with E-state index in [2.05, 4.69) is 17.2 Å². The van der Waals surface area contributed by atoms with Gasteiger partial charge in [0.2, 0.25) is 0 Å². The molecule has 0 aromatic heterocycles. The molecule has 0 aliphatic heterocycles. The third kappa shape index (κ3) is 3.70. The quantitative estimate of drug-likeness (QED) is 0.468. The van der Waals surface area contributed by atoms with Crippen LogP contribution in [0.4, 0.5) is 0 Å². The molecule has 1 aliphatic rings. The van der Waals surface area contributed by atoms with E-state index in [4.69, 9.17) is 5.73 Å². The number of rotatable bonds is 5. The number of guanidine groups is 1. The van der Waals surface area contributed by atoms with E-state index in [0.29, 0.717) is 12.5 Å². The van der Waals surface area contributed by atoms with Crippen molar-refractivity contribution in [3.05, 3.63) is 0 Å². The minimum Gasteiger partial charge on any atom is -0.396 e. The van der Waals surface area contributed by atoms with E-state index < -0.39 is 0 Å². The van der Waals surface area contributed by atoms with Crippen molar-refractivity contribution in [3.8, 4) is 0 Å². The van der Waals surface area contributed by atoms with Gasteiger partial charge in [-0.25, -0.2) is 0 Å². The topological polar surface area (TPSA) is 70.6 Å². The Morgan fingerprint density at radius 2 is 2.13 bits per heavy atom. The molecule has 4 nitrogen and oxygen atoms in total. The van der Waals surface area contributed by atoms with Crippen LogP contribution in [0.2, 0.25) is 0 Å². The molecular weight excluding hydrogens is 190 g/mol. The predicted octanol–water partition coefficient (Wildman–Crippen LogP) is 0.853. The van der Waals surface area contributed by atoms with Crippen molar-refractivity contribution in [2.45, 2.75) is 39.0 Å². The third-order valence-corrected chi connectivity index (χ3v) is 3.14. The molecule has 1 rings (SSSR count). The minimum atomic E-state index is 0.0124. The Labute approximate surface area is 92.0 Å². The molecule has 0 aromatic carbocycles. The molecule has 0 saturated heterocycles. The van der Waals surface area contributed by atoms with Crippen LogP contribution in [0.5, 0.6) is 0 Å². The first-order chi connectivity index (χ1) is 7.22. The van der Waals surface area contributed by atoms with Gasteiger partial charge in [0, 0.05) is 12.0 Å². The molecule has 0 unspecified atom stereocenters. The minimum absolute atomic E-state index is 0.0124. The molecule has 0 bridgehead atoms. The highest BCUT2D eigenvalue weighted by molar-refractivity contribution is 5.77. The van der Waals surface area contributed by atoms with Gasteiger partial charge in [-0.1, -0.05) is 19.8 Å². The van der Waals surface area contributed by atoms with Crippen LogP contribution in [0.3, 0.4) is 0 Å². The van der Waals surface area contributed by atoms with Gasteiger partial charge in [-0.05, 0) is 19.3 Å². The van der Waals surface area contributed by atoms with Crippen molar-refractivity contribution in [1.29, 1.82) is 0 Å². The van der Waals surface area contributed by atoms with E-state index in [-0.39, 0.29) is 12.0 Å². The van der Waals surface area contributed by atoms with E-state index in [1.807, 2.05) is 0 Å². The summed E-state index contributed by atoms with van der Waals surface area (Å²) >= 11 is 0. The van der Waals surface area contributed by atoms with Crippen LogP contribution in [0.15, 0.2) is 4.99 Å². The normalized spacial score (nSPS) is 20.5. The van der Waals surface area contributed by atoms with Crippen LogP contribution >= 0.6 is 0 Å². The predicted molar refractivity (Wildman–Crippen MR) is 62.8 cm³/mol. The summed E-state index contributed by atoms with van der Waals surface area (Å²) in [5.41, 5.74) is 5.72. The lowest BCUT2D eigenvalue weighted by atomic mass is 9.87. The van der Waals surface area contributed by atoms with Gasteiger partial charge < -0.3 is 16.2 Å². The van der Waals surface area contributed by atoms with Gasteiger partial charge in [-0.2, -0.15) is 0 Å². The highest BCUT2D eigenvalue weighted by Gasteiger charge is 2.32. The summed E-state index contributed by atoms with van der Waals surface area (Å²) in [5.74, 6) is 0.511. The number of hydrogen-bond donors (Lipinski definition) is 3. The van der Waals surface area contributed by atoms with Gasteiger partial charge in [0.1, 0.15) is 0 Å². The largest absolute Gasteiger partial charge is 0.396 e. The number of aliphatic imine (C=N–C) groups is 1. The maximum Gasteiger partial charge on any atom is 0.188 e. The molecule has 15 heavy (non-hydrogen) atoms. The molecule has 1 saturated carbocycles. The Morgan fingerprint density at radius 1 is 1.47 bits per heavy atom. The number of aliphatic hydroxyl groups is 1. The molecule has 0 amide bonds. The van der Waals surface area contributed by atoms with Crippen LogP contribution in [0.1, 0.15) is 39.0 Å². The summed E-state index contributed by atoms with van der Waals surface area (Å²) in [4.78, 5) is 4.31. The Morgan fingerprint density at radius 3 is 2.67 bits per heavy atom. The summed E-state index contributed by atoms with van der Waals surface area (Å²) in [6.07, 6.45) is 5.61. The summed E-state index contributed by atoms with van der Waals surface area (Å²) in [6, 6.07) is 0. The Balaban J connectivity index is 2.38. The summed E-state index contributed by atoms with van der Waals surface area (Å²) in [6.45, 7) is 3.84. The van der Waals surface area contributed by atoms with Crippen molar-refractivity contribution < 1.29 is 5.11 Å². The lowest BCUT2D eigenvalue weighted by Gasteiger charge is -2.24. The SMILES string of the molecule is CCCNC(N)=NCC1(CO)CCCC1. The molecule has 1 fully saturated rings. The zero-order valence-corrected chi connectivity index (χ0v) is 9.63. The van der Waals surface area contributed by atoms with Crippen LogP contribution in [-0.4, -0.2) is 30.8 Å². The average Bonchev–Trinajstić information content (AvgIpc) is 2.73. The fourth-order valence-electron chi connectivity index (χ4n) is 2.05. The van der Waals surface area contributed by atoms with E-state index >= 15 is 0 Å². The van der Waals surface area contributed by atoms with Crippen LogP contribution in [0, 0.1) is 5.41 Å². The number of nitrogens with zero attached hydrogens (tertiary/aromatic N) is 1. The Kier molecular flexibility index (Phi) is 4.88. The van der Waals surface area contributed by atoms with Gasteiger partial charge in [-0.3, -0.25) is 4.99 Å². The summed E-state index contributed by atoms with van der Waals surface area (Å²) in [7, 11) is 0. The number of aliphatic hydroxyl groups excluding tert-OH is 1. The summed E-state index contributed by atoms with van der Waals surface area (Å²) in [5, 5.41) is 12.4. The van der Waals surface area contributed by atoms with Crippen molar-refractivity contribution in [3.63, 3.8) is 0 Å². The maximum atomic E-state index is 9.38. The highest BCUT2D eigenvalue weighted by atomic mass is 16.3. The van der Waals surface area contributed by atoms with Crippen molar-refractivity contribution in [2.24, 2.45) is 16.1 Å². The average molecular weight is 213 g/mol. The zero-order valence-electron chi connectivity index (χ0n) is 9.63. The van der Waals surface area contributed by atoms with Gasteiger partial charge >= 0.3 is 0 Å². The van der Waals surface area contributed by atoms with Crippen LogP contribution in [-0.2, 0) is 0 Å². The lowest BCUT2D eigenvalue weighted by molar-refractivity contribution is 0.138. The number of hydrogen-bond acceptors (Lipinski definition) is 2. The first-order valence-corrected chi connectivity index (χ1v) is 5.87. The second-order valence-electron chi connectivity index (χ2n) is 4.49. The zero-order chi connectivity index (χ0) is 11.1. The molecule has 1 aliphatic carbocycles. The Hall–Kier alpha value is -0.770. The molecule has 4 N–H and O–H groups in total. The highest BCUT2D eigenvalue weighted by Crippen LogP contribution is 2.37. The molecule has 0 heterocycles. The Bertz CT molecular complexity index is 210. The lowest BCUT2D eigenvalue weighted by Crippen LogP contribution is -2.34. The first kappa shape index (κ1) is 12.3. The second kappa shape index (κ2) is 5.95. The molecule has 4 heteroatoms. The van der Waals surface area contributed by atoms with Gasteiger partial charge in [0.15, 0.2) is 5.96 Å². The van der Waals surface area contributed by atoms with E-state index in [1.165, 1.54) is 12.8 Å².